The Labute approximate surface area is 72.9 Å². The maximum absolute atomic E-state index is 2.50. The van der Waals surface area contributed by atoms with Crippen LogP contribution in [-0.4, -0.2) is 11.8 Å². The molecule has 1 rings (SSSR count). The first-order valence-electron chi connectivity index (χ1n) is 4.92. The fourth-order valence-electron chi connectivity index (χ4n) is 2.10. The molecule has 0 heterocycles. The second-order valence-corrected chi connectivity index (χ2v) is 5.69. The first-order chi connectivity index (χ1) is 5.23. The molecular weight excluding hydrogens is 151 g/mol. The normalized spacial score (nSPS) is 25.4. The Balaban J connectivity index is 2.43. The highest BCUT2D eigenvalue weighted by molar-refractivity contribution is 7.39. The van der Waals surface area contributed by atoms with E-state index in [1.165, 1.54) is 32.1 Å². The van der Waals surface area contributed by atoms with E-state index in [0.717, 1.165) is 14.5 Å². The largest absolute Gasteiger partial charge is 0.119 e. The molecule has 1 aliphatic rings. The molecule has 66 valence electrons. The Morgan fingerprint density at radius 3 is 2.36 bits per heavy atom. The van der Waals surface area contributed by atoms with Gasteiger partial charge in [-0.3, -0.25) is 0 Å². The van der Waals surface area contributed by atoms with Gasteiger partial charge in [-0.15, -0.1) is 8.58 Å². The molecule has 0 aromatic carbocycles. The smallest absolute Gasteiger partial charge is 0.0125 e. The van der Waals surface area contributed by atoms with Crippen molar-refractivity contribution in [2.24, 2.45) is 5.92 Å². The minimum Gasteiger partial charge on any atom is -0.119 e. The zero-order valence-electron chi connectivity index (χ0n) is 8.11. The number of hydrogen-bond donors (Lipinski definition) is 0. The van der Waals surface area contributed by atoms with Crippen molar-refractivity contribution in [3.8, 4) is 0 Å². The predicted molar refractivity (Wildman–Crippen MR) is 54.9 cm³/mol. The molecule has 0 aromatic heterocycles. The van der Waals surface area contributed by atoms with Gasteiger partial charge in [-0.05, 0) is 37.0 Å². The molecule has 0 aromatic rings. The zero-order chi connectivity index (χ0) is 8.32. The van der Waals surface area contributed by atoms with Gasteiger partial charge in [0.05, 0.1) is 0 Å². The summed E-state index contributed by atoms with van der Waals surface area (Å²) < 4.78 is 0. The molecule has 1 saturated carbocycles. The second-order valence-electron chi connectivity index (χ2n) is 4.05. The highest BCUT2D eigenvalue weighted by Crippen LogP contribution is 2.48. The van der Waals surface area contributed by atoms with Crippen molar-refractivity contribution >= 4 is 8.58 Å². The Morgan fingerprint density at radius 1 is 1.45 bits per heavy atom. The van der Waals surface area contributed by atoms with Gasteiger partial charge in [0.1, 0.15) is 0 Å². The third kappa shape index (κ3) is 1.96. The lowest BCUT2D eigenvalue weighted by molar-refractivity contribution is 0.235. The van der Waals surface area contributed by atoms with Crippen molar-refractivity contribution in [3.63, 3.8) is 0 Å². The molecule has 2 atom stereocenters. The number of rotatable bonds is 4. The van der Waals surface area contributed by atoms with Gasteiger partial charge in [0.2, 0.25) is 0 Å². The van der Waals surface area contributed by atoms with Crippen LogP contribution in [0, 0.1) is 5.92 Å². The van der Waals surface area contributed by atoms with Crippen LogP contribution < -0.4 is 0 Å². The molecule has 1 aliphatic carbocycles. The fraction of sp³-hybridized carbons (Fsp3) is 1.00. The van der Waals surface area contributed by atoms with E-state index < -0.39 is 0 Å². The summed E-state index contributed by atoms with van der Waals surface area (Å²) in [5.74, 6) is 1.07. The van der Waals surface area contributed by atoms with Crippen LogP contribution in [0.2, 0.25) is 0 Å². The van der Waals surface area contributed by atoms with E-state index in [9.17, 15) is 0 Å². The summed E-state index contributed by atoms with van der Waals surface area (Å²) in [6, 6.07) is 0. The third-order valence-electron chi connectivity index (χ3n) is 3.35. The van der Waals surface area contributed by atoms with Crippen LogP contribution in [0.15, 0.2) is 0 Å². The van der Waals surface area contributed by atoms with Crippen molar-refractivity contribution in [3.05, 3.63) is 0 Å². The van der Waals surface area contributed by atoms with Crippen LogP contribution in [-0.2, 0) is 0 Å². The van der Waals surface area contributed by atoms with E-state index in [1.807, 2.05) is 0 Å². The lowest BCUT2D eigenvalue weighted by Crippen LogP contribution is -2.34. The molecule has 0 saturated heterocycles. The van der Waals surface area contributed by atoms with Crippen molar-refractivity contribution < 1.29 is 0 Å². The molecule has 1 fully saturated rings. The SMILES string of the molecule is CCCC(C)(PC)C1CCC1. The minimum absolute atomic E-state index is 0.715. The average molecular weight is 172 g/mol. The first kappa shape index (κ1) is 9.52. The van der Waals surface area contributed by atoms with E-state index in [4.69, 9.17) is 0 Å². The molecule has 0 aliphatic heterocycles. The highest BCUT2D eigenvalue weighted by atomic mass is 31.1. The van der Waals surface area contributed by atoms with Crippen molar-refractivity contribution in [1.29, 1.82) is 0 Å². The molecule has 1 heteroatoms. The predicted octanol–water partition coefficient (Wildman–Crippen LogP) is 3.65. The molecule has 2 unspecified atom stereocenters. The third-order valence-corrected chi connectivity index (χ3v) is 5.15. The standard InChI is InChI=1S/C10H21P/c1-4-8-10(2,11-3)9-6-5-7-9/h9,11H,4-8H2,1-3H3. The molecule has 0 radical (unpaired) electrons. The van der Waals surface area contributed by atoms with E-state index in [1.54, 1.807) is 0 Å². The minimum atomic E-state index is 0.715. The van der Waals surface area contributed by atoms with Crippen molar-refractivity contribution in [2.45, 2.75) is 51.1 Å². The number of hydrogen-bond acceptors (Lipinski definition) is 0. The second kappa shape index (κ2) is 3.90. The quantitative estimate of drug-likeness (QED) is 0.568. The Bertz CT molecular complexity index is 118. The molecule has 0 spiro atoms. The average Bonchev–Trinajstić information content (AvgIpc) is 1.84. The molecule has 11 heavy (non-hydrogen) atoms. The fourth-order valence-corrected chi connectivity index (χ4v) is 3.29. The Morgan fingerprint density at radius 2 is 2.09 bits per heavy atom. The maximum Gasteiger partial charge on any atom is -0.0125 e. The Kier molecular flexibility index (Phi) is 3.37. The van der Waals surface area contributed by atoms with Gasteiger partial charge < -0.3 is 0 Å². The summed E-state index contributed by atoms with van der Waals surface area (Å²) in [6.07, 6.45) is 7.34. The summed E-state index contributed by atoms with van der Waals surface area (Å²) in [6.45, 7) is 7.20. The summed E-state index contributed by atoms with van der Waals surface area (Å²) in [4.78, 5) is 0. The van der Waals surface area contributed by atoms with Crippen molar-refractivity contribution in [1.82, 2.24) is 0 Å². The van der Waals surface area contributed by atoms with Gasteiger partial charge in [0, 0.05) is 0 Å². The molecular formula is C10H21P. The summed E-state index contributed by atoms with van der Waals surface area (Å²) in [5.41, 5.74) is 0. The zero-order valence-corrected chi connectivity index (χ0v) is 9.11. The van der Waals surface area contributed by atoms with Crippen LogP contribution in [0.4, 0.5) is 0 Å². The van der Waals surface area contributed by atoms with E-state index in [2.05, 4.69) is 20.5 Å². The van der Waals surface area contributed by atoms with Crippen LogP contribution in [0.25, 0.3) is 0 Å². The molecule has 0 N–H and O–H groups in total. The molecule has 0 nitrogen and oxygen atoms in total. The molecule has 0 amide bonds. The first-order valence-corrected chi connectivity index (χ1v) is 6.42. The lowest BCUT2D eigenvalue weighted by atomic mass is 9.74. The van der Waals surface area contributed by atoms with E-state index in [-0.39, 0.29) is 0 Å². The van der Waals surface area contributed by atoms with Gasteiger partial charge in [0.15, 0.2) is 0 Å². The van der Waals surface area contributed by atoms with Crippen LogP contribution in [0.1, 0.15) is 46.0 Å². The van der Waals surface area contributed by atoms with Gasteiger partial charge in [-0.25, -0.2) is 0 Å². The van der Waals surface area contributed by atoms with Gasteiger partial charge in [0.25, 0.3) is 0 Å². The molecule has 0 bridgehead atoms. The Hall–Kier alpha value is 0.430. The summed E-state index contributed by atoms with van der Waals surface area (Å²) in [7, 11) is 1.15. The summed E-state index contributed by atoms with van der Waals surface area (Å²) in [5, 5.41) is 0.715. The van der Waals surface area contributed by atoms with Crippen molar-refractivity contribution in [2.75, 3.05) is 6.66 Å². The van der Waals surface area contributed by atoms with E-state index in [0.29, 0.717) is 5.16 Å². The maximum atomic E-state index is 2.50. The lowest BCUT2D eigenvalue weighted by Gasteiger charge is -2.42. The van der Waals surface area contributed by atoms with Crippen LogP contribution in [0.5, 0.6) is 0 Å². The monoisotopic (exact) mass is 172 g/mol. The van der Waals surface area contributed by atoms with Gasteiger partial charge in [-0.2, -0.15) is 0 Å². The van der Waals surface area contributed by atoms with E-state index >= 15 is 0 Å². The van der Waals surface area contributed by atoms with Gasteiger partial charge >= 0.3 is 0 Å². The van der Waals surface area contributed by atoms with Gasteiger partial charge in [-0.1, -0.05) is 26.7 Å². The highest BCUT2D eigenvalue weighted by Gasteiger charge is 2.35. The summed E-state index contributed by atoms with van der Waals surface area (Å²) >= 11 is 0. The van der Waals surface area contributed by atoms with Crippen LogP contribution >= 0.6 is 8.58 Å². The van der Waals surface area contributed by atoms with Crippen LogP contribution in [0.3, 0.4) is 0 Å². The topological polar surface area (TPSA) is 0 Å².